The average molecular weight is 434 g/mol. The molecule has 32 heavy (non-hydrogen) atoms. The lowest BCUT2D eigenvalue weighted by Crippen LogP contribution is -2.51. The van der Waals surface area contributed by atoms with Gasteiger partial charge in [0.25, 0.3) is 11.8 Å². The minimum atomic E-state index is -1.26. The number of rotatable bonds is 8. The highest BCUT2D eigenvalue weighted by molar-refractivity contribution is 5.97. The highest BCUT2D eigenvalue weighted by Crippen LogP contribution is 2.19. The molecule has 0 bridgehead atoms. The summed E-state index contributed by atoms with van der Waals surface area (Å²) in [6.45, 7) is 2.24. The van der Waals surface area contributed by atoms with Crippen molar-refractivity contribution in [3.05, 3.63) is 76.9 Å². The van der Waals surface area contributed by atoms with E-state index in [0.29, 0.717) is 11.6 Å². The van der Waals surface area contributed by atoms with Gasteiger partial charge in [0.05, 0.1) is 6.10 Å². The van der Waals surface area contributed by atoms with Crippen molar-refractivity contribution < 1.29 is 19.9 Å². The second kappa shape index (κ2) is 11.3. The van der Waals surface area contributed by atoms with Gasteiger partial charge < -0.3 is 15.7 Å². The number of hydrogen-bond acceptors (Lipinski definition) is 5. The quantitative estimate of drug-likeness (QED) is 0.248. The zero-order valence-corrected chi connectivity index (χ0v) is 17.8. The van der Waals surface area contributed by atoms with Crippen LogP contribution in [0.3, 0.4) is 0 Å². The Kier molecular flexibility index (Phi) is 8.17. The van der Waals surface area contributed by atoms with Gasteiger partial charge in [-0.25, -0.2) is 5.48 Å². The van der Waals surface area contributed by atoms with Crippen LogP contribution in [0.5, 0.6) is 0 Å². The first-order chi connectivity index (χ1) is 15.5. The average Bonchev–Trinajstić information content (AvgIpc) is 3.64. The van der Waals surface area contributed by atoms with E-state index in [9.17, 15) is 14.7 Å². The smallest absolute Gasteiger partial charge is 0.268 e. The summed E-state index contributed by atoms with van der Waals surface area (Å²) in [4.78, 5) is 23.8. The molecule has 0 aromatic heterocycles. The zero-order chi connectivity index (χ0) is 22.9. The fourth-order valence-corrected chi connectivity index (χ4v) is 2.96. The minimum absolute atomic E-state index is 0.304. The van der Waals surface area contributed by atoms with Gasteiger partial charge in [-0.3, -0.25) is 14.8 Å². The Bertz CT molecular complexity index is 1010. The molecular weight excluding hydrogens is 406 g/mol. The van der Waals surface area contributed by atoms with Crippen LogP contribution in [0, 0.1) is 11.8 Å². The Morgan fingerprint density at radius 3 is 2.41 bits per heavy atom. The summed E-state index contributed by atoms with van der Waals surface area (Å²) in [6.07, 6.45) is 5.11. The largest absolute Gasteiger partial charge is 0.391 e. The SMILES string of the molecule is C[C@@H](O)[C@H](NC(=O)c1ccc(C#C/C=C/c2ccc(CNC3CC3)cc2)cc1)C(=O)NO. The van der Waals surface area contributed by atoms with Gasteiger partial charge in [0.1, 0.15) is 6.04 Å². The molecule has 166 valence electrons. The molecular formula is C25H27N3O4. The van der Waals surface area contributed by atoms with Crippen LogP contribution in [0.4, 0.5) is 0 Å². The number of aliphatic hydroxyl groups is 1. The van der Waals surface area contributed by atoms with Crippen LogP contribution in [0.1, 0.15) is 46.8 Å². The third-order valence-corrected chi connectivity index (χ3v) is 5.04. The number of allylic oxidation sites excluding steroid dienone is 1. The Hall–Kier alpha value is -3.44. The number of benzene rings is 2. The fraction of sp³-hybridized carbons (Fsp3) is 0.280. The molecule has 5 N–H and O–H groups in total. The van der Waals surface area contributed by atoms with Gasteiger partial charge in [0, 0.05) is 23.7 Å². The normalized spacial score (nSPS) is 14.8. The van der Waals surface area contributed by atoms with Crippen LogP contribution in [0.2, 0.25) is 0 Å². The van der Waals surface area contributed by atoms with E-state index in [1.54, 1.807) is 30.3 Å². The molecule has 1 aliphatic carbocycles. The predicted octanol–water partition coefficient (Wildman–Crippen LogP) is 1.99. The van der Waals surface area contributed by atoms with E-state index in [2.05, 4.69) is 46.7 Å². The topological polar surface area (TPSA) is 111 Å². The Morgan fingerprint density at radius 2 is 1.81 bits per heavy atom. The lowest BCUT2D eigenvalue weighted by atomic mass is 10.1. The second-order valence-electron chi connectivity index (χ2n) is 7.74. The summed E-state index contributed by atoms with van der Waals surface area (Å²) in [7, 11) is 0. The molecule has 1 saturated carbocycles. The molecule has 3 rings (SSSR count). The van der Waals surface area contributed by atoms with Gasteiger partial charge in [0.15, 0.2) is 0 Å². The maximum Gasteiger partial charge on any atom is 0.268 e. The molecule has 1 aliphatic rings. The van der Waals surface area contributed by atoms with E-state index >= 15 is 0 Å². The van der Waals surface area contributed by atoms with Crippen LogP contribution >= 0.6 is 0 Å². The van der Waals surface area contributed by atoms with E-state index in [1.807, 2.05) is 6.08 Å². The van der Waals surface area contributed by atoms with E-state index in [0.717, 1.165) is 17.7 Å². The Labute approximate surface area is 187 Å². The number of amides is 2. The molecule has 2 amide bonds. The number of aliphatic hydroxyl groups excluding tert-OH is 1. The minimum Gasteiger partial charge on any atom is -0.391 e. The van der Waals surface area contributed by atoms with Crippen molar-refractivity contribution in [2.24, 2.45) is 0 Å². The van der Waals surface area contributed by atoms with Crippen molar-refractivity contribution in [1.82, 2.24) is 16.1 Å². The molecule has 1 fully saturated rings. The van der Waals surface area contributed by atoms with E-state index in [1.165, 1.54) is 30.8 Å². The van der Waals surface area contributed by atoms with Gasteiger partial charge in [0.2, 0.25) is 0 Å². The lowest BCUT2D eigenvalue weighted by molar-refractivity contribution is -0.133. The fourth-order valence-electron chi connectivity index (χ4n) is 2.96. The van der Waals surface area contributed by atoms with Gasteiger partial charge in [-0.15, -0.1) is 0 Å². The van der Waals surface area contributed by atoms with Gasteiger partial charge in [-0.1, -0.05) is 36.1 Å². The van der Waals surface area contributed by atoms with Gasteiger partial charge in [-0.2, -0.15) is 0 Å². The molecule has 2 aromatic carbocycles. The van der Waals surface area contributed by atoms with Crippen molar-refractivity contribution in [2.75, 3.05) is 0 Å². The van der Waals surface area contributed by atoms with E-state index in [4.69, 9.17) is 5.21 Å². The van der Waals surface area contributed by atoms with Gasteiger partial charge in [-0.05, 0) is 67.3 Å². The van der Waals surface area contributed by atoms with E-state index < -0.39 is 24.0 Å². The number of carbonyl (C=O) groups excluding carboxylic acids is 2. The standard InChI is InChI=1S/C25H27N3O4/c1-17(29)23(25(31)28-32)27-24(30)21-12-10-19(11-13-21)5-3-2-4-18-6-8-20(9-7-18)16-26-22-14-15-22/h2,4,6-13,17,22-23,26,29,32H,14-16H2,1H3,(H,27,30)(H,28,31)/b4-2+/t17-,23+/m1/s1. The van der Waals surface area contributed by atoms with Crippen molar-refractivity contribution >= 4 is 17.9 Å². The molecule has 0 radical (unpaired) electrons. The van der Waals surface area contributed by atoms with Crippen molar-refractivity contribution in [3.63, 3.8) is 0 Å². The van der Waals surface area contributed by atoms with Crippen molar-refractivity contribution in [3.8, 4) is 11.8 Å². The molecule has 0 saturated heterocycles. The second-order valence-corrected chi connectivity index (χ2v) is 7.74. The third-order valence-electron chi connectivity index (χ3n) is 5.04. The summed E-state index contributed by atoms with van der Waals surface area (Å²) in [5, 5.41) is 24.2. The van der Waals surface area contributed by atoms with Crippen LogP contribution in [0.15, 0.2) is 54.6 Å². The van der Waals surface area contributed by atoms with Crippen molar-refractivity contribution in [2.45, 2.75) is 44.5 Å². The molecule has 2 atom stereocenters. The molecule has 0 unspecified atom stereocenters. The molecule has 0 heterocycles. The van der Waals surface area contributed by atoms with Crippen LogP contribution in [0.25, 0.3) is 6.08 Å². The first kappa shape index (κ1) is 23.2. The Balaban J connectivity index is 1.53. The first-order valence-electron chi connectivity index (χ1n) is 10.5. The maximum absolute atomic E-state index is 12.3. The van der Waals surface area contributed by atoms with Crippen molar-refractivity contribution in [1.29, 1.82) is 0 Å². The summed E-state index contributed by atoms with van der Waals surface area (Å²) >= 11 is 0. The number of hydrogen-bond donors (Lipinski definition) is 5. The monoisotopic (exact) mass is 433 g/mol. The molecule has 2 aromatic rings. The number of carbonyl (C=O) groups is 2. The third kappa shape index (κ3) is 7.06. The molecule has 7 nitrogen and oxygen atoms in total. The zero-order valence-electron chi connectivity index (χ0n) is 17.8. The molecule has 0 spiro atoms. The molecule has 0 aliphatic heterocycles. The van der Waals surface area contributed by atoms with Crippen LogP contribution in [-0.2, 0) is 11.3 Å². The van der Waals surface area contributed by atoms with E-state index in [-0.39, 0.29) is 0 Å². The Morgan fingerprint density at radius 1 is 1.12 bits per heavy atom. The highest BCUT2D eigenvalue weighted by atomic mass is 16.5. The first-order valence-corrected chi connectivity index (χ1v) is 10.5. The summed E-state index contributed by atoms with van der Waals surface area (Å²) in [6, 6.07) is 14.3. The summed E-state index contributed by atoms with van der Waals surface area (Å²) in [5.41, 5.74) is 4.80. The lowest BCUT2D eigenvalue weighted by Gasteiger charge is -2.19. The predicted molar refractivity (Wildman–Crippen MR) is 122 cm³/mol. The number of hydroxylamine groups is 1. The van der Waals surface area contributed by atoms with Crippen LogP contribution in [-0.4, -0.2) is 40.3 Å². The van der Waals surface area contributed by atoms with Gasteiger partial charge >= 0.3 is 0 Å². The number of nitrogens with one attached hydrogen (secondary N) is 3. The summed E-state index contributed by atoms with van der Waals surface area (Å²) < 4.78 is 0. The van der Waals surface area contributed by atoms with Crippen LogP contribution < -0.4 is 16.1 Å². The summed E-state index contributed by atoms with van der Waals surface area (Å²) in [5.74, 6) is 4.53. The highest BCUT2D eigenvalue weighted by Gasteiger charge is 2.25. The maximum atomic E-state index is 12.3. The molecule has 7 heteroatoms.